The van der Waals surface area contributed by atoms with E-state index in [-0.39, 0.29) is 24.0 Å². The first kappa shape index (κ1) is 25.0. The Hall–Kier alpha value is -3.63. The molecule has 190 valence electrons. The third-order valence-electron chi connectivity index (χ3n) is 7.60. The van der Waals surface area contributed by atoms with E-state index in [0.717, 1.165) is 42.7 Å². The fraction of sp³-hybridized carbons (Fsp3) is 0.303. The maximum absolute atomic E-state index is 12.3. The van der Waals surface area contributed by atoms with E-state index in [0.29, 0.717) is 5.56 Å². The van der Waals surface area contributed by atoms with E-state index in [1.807, 2.05) is 25.1 Å². The highest BCUT2D eigenvalue weighted by Crippen LogP contribution is 2.41. The molecule has 4 nitrogen and oxygen atoms in total. The van der Waals surface area contributed by atoms with Gasteiger partial charge in [-0.05, 0) is 79.3 Å². The normalized spacial score (nSPS) is 17.6. The molecule has 4 heteroatoms. The molecule has 0 amide bonds. The van der Waals surface area contributed by atoms with Crippen molar-refractivity contribution in [2.75, 3.05) is 13.7 Å². The minimum Gasteiger partial charge on any atom is -0.490 e. The summed E-state index contributed by atoms with van der Waals surface area (Å²) in [4.78, 5) is 12.3. The first-order chi connectivity index (χ1) is 18.0. The maximum Gasteiger partial charge on any atom is 0.338 e. The summed E-state index contributed by atoms with van der Waals surface area (Å²) in [5.41, 5.74) is 5.21. The average Bonchev–Trinajstić information content (AvgIpc) is 2.94. The summed E-state index contributed by atoms with van der Waals surface area (Å²) in [6.07, 6.45) is 3.00. The molecule has 0 aliphatic carbocycles. The van der Waals surface area contributed by atoms with Gasteiger partial charge >= 0.3 is 5.97 Å². The quantitative estimate of drug-likeness (QED) is 0.206. The zero-order chi connectivity index (χ0) is 25.8. The summed E-state index contributed by atoms with van der Waals surface area (Å²) in [6, 6.07) is 29.8. The predicted octanol–water partition coefficient (Wildman–Crippen LogP) is 7.35. The lowest BCUT2D eigenvalue weighted by Crippen LogP contribution is -2.28. The topological polar surface area (TPSA) is 47.6 Å². The molecule has 0 saturated heterocycles. The Morgan fingerprint density at radius 1 is 1.03 bits per heavy atom. The molecular formula is C33H35NO3. The molecule has 0 radical (unpaired) electrons. The van der Waals surface area contributed by atoms with Crippen LogP contribution in [0.2, 0.25) is 0 Å². The van der Waals surface area contributed by atoms with Crippen molar-refractivity contribution in [1.29, 1.82) is 0 Å². The second-order valence-electron chi connectivity index (χ2n) is 10.0. The average molecular weight is 494 g/mol. The zero-order valence-electron chi connectivity index (χ0n) is 21.9. The minimum absolute atomic E-state index is 0.123. The number of benzene rings is 4. The van der Waals surface area contributed by atoms with E-state index in [1.54, 1.807) is 0 Å². The summed E-state index contributed by atoms with van der Waals surface area (Å²) < 4.78 is 11.5. The van der Waals surface area contributed by atoms with Crippen molar-refractivity contribution in [2.24, 2.45) is 0 Å². The van der Waals surface area contributed by atoms with Gasteiger partial charge in [0.2, 0.25) is 0 Å². The maximum atomic E-state index is 12.3. The van der Waals surface area contributed by atoms with Crippen LogP contribution in [0.5, 0.6) is 5.75 Å². The summed E-state index contributed by atoms with van der Waals surface area (Å²) in [5, 5.41) is 6.31. The second kappa shape index (κ2) is 11.2. The van der Waals surface area contributed by atoms with Crippen molar-refractivity contribution in [3.05, 3.63) is 113 Å². The summed E-state index contributed by atoms with van der Waals surface area (Å²) in [7, 11) is 1.43. The van der Waals surface area contributed by atoms with Crippen LogP contribution in [-0.4, -0.2) is 25.7 Å². The van der Waals surface area contributed by atoms with Crippen LogP contribution < -0.4 is 10.1 Å². The Morgan fingerprint density at radius 2 is 1.81 bits per heavy atom. The van der Waals surface area contributed by atoms with Crippen molar-refractivity contribution in [2.45, 2.75) is 51.2 Å². The van der Waals surface area contributed by atoms with Gasteiger partial charge in [-0.2, -0.15) is 0 Å². The molecule has 0 bridgehead atoms. The first-order valence-corrected chi connectivity index (χ1v) is 13.2. The predicted molar refractivity (Wildman–Crippen MR) is 149 cm³/mol. The van der Waals surface area contributed by atoms with Crippen LogP contribution in [0.1, 0.15) is 70.8 Å². The van der Waals surface area contributed by atoms with Gasteiger partial charge in [-0.15, -0.1) is 0 Å². The van der Waals surface area contributed by atoms with Gasteiger partial charge in [0, 0.05) is 17.5 Å². The van der Waals surface area contributed by atoms with Crippen LogP contribution in [0.4, 0.5) is 0 Å². The molecule has 5 rings (SSSR count). The number of carbonyl (C=O) groups is 1. The molecule has 1 aliphatic heterocycles. The summed E-state index contributed by atoms with van der Waals surface area (Å²) >= 11 is 0. The molecule has 3 atom stereocenters. The number of fused-ring (bicyclic) bond motifs is 2. The largest absolute Gasteiger partial charge is 0.490 e. The smallest absolute Gasteiger partial charge is 0.338 e. The van der Waals surface area contributed by atoms with Crippen LogP contribution in [0.15, 0.2) is 84.9 Å². The molecular weight excluding hydrogens is 458 g/mol. The SMILES string of the molecule is COC(=O)c1cc([C@H]2C[C@H](CCCN[C@H](C)c3cccc4ccccc34)Oc3ccccc32)ccc1C. The van der Waals surface area contributed by atoms with Crippen molar-refractivity contribution >= 4 is 16.7 Å². The molecule has 0 spiro atoms. The van der Waals surface area contributed by atoms with Gasteiger partial charge in [-0.3, -0.25) is 0 Å². The number of rotatable bonds is 8. The summed E-state index contributed by atoms with van der Waals surface area (Å²) in [5.74, 6) is 0.838. The lowest BCUT2D eigenvalue weighted by Gasteiger charge is -2.33. The molecule has 1 aliphatic rings. The number of carbonyl (C=O) groups excluding carboxylic acids is 1. The highest BCUT2D eigenvalue weighted by Gasteiger charge is 2.29. The molecule has 1 heterocycles. The molecule has 37 heavy (non-hydrogen) atoms. The van der Waals surface area contributed by atoms with Crippen molar-refractivity contribution in [3.8, 4) is 5.75 Å². The van der Waals surface area contributed by atoms with Crippen LogP contribution in [0.25, 0.3) is 10.8 Å². The fourth-order valence-electron chi connectivity index (χ4n) is 5.56. The zero-order valence-corrected chi connectivity index (χ0v) is 21.9. The van der Waals surface area contributed by atoms with Gasteiger partial charge in [-0.1, -0.05) is 72.8 Å². The van der Waals surface area contributed by atoms with Crippen LogP contribution >= 0.6 is 0 Å². The summed E-state index contributed by atoms with van der Waals surface area (Å²) in [6.45, 7) is 5.11. The molecule has 0 unspecified atom stereocenters. The molecule has 4 aromatic rings. The van der Waals surface area contributed by atoms with Gasteiger partial charge in [0.25, 0.3) is 0 Å². The van der Waals surface area contributed by atoms with Crippen LogP contribution in [0, 0.1) is 6.92 Å². The number of para-hydroxylation sites is 1. The van der Waals surface area contributed by atoms with E-state index in [4.69, 9.17) is 9.47 Å². The Labute approximate surface area is 219 Å². The molecule has 0 aromatic heterocycles. The number of ether oxygens (including phenoxy) is 2. The minimum atomic E-state index is -0.289. The van der Waals surface area contributed by atoms with Gasteiger partial charge in [0.15, 0.2) is 0 Å². The first-order valence-electron chi connectivity index (χ1n) is 13.2. The fourth-order valence-corrected chi connectivity index (χ4v) is 5.56. The molecule has 1 N–H and O–H groups in total. The monoisotopic (exact) mass is 493 g/mol. The third-order valence-corrected chi connectivity index (χ3v) is 7.60. The van der Waals surface area contributed by atoms with Gasteiger partial charge in [-0.25, -0.2) is 4.79 Å². The highest BCUT2D eigenvalue weighted by molar-refractivity contribution is 5.91. The Morgan fingerprint density at radius 3 is 2.68 bits per heavy atom. The Bertz CT molecular complexity index is 1390. The Balaban J connectivity index is 1.26. The van der Waals surface area contributed by atoms with E-state index in [9.17, 15) is 4.79 Å². The third kappa shape index (κ3) is 5.40. The number of hydrogen-bond acceptors (Lipinski definition) is 4. The van der Waals surface area contributed by atoms with Crippen molar-refractivity contribution < 1.29 is 14.3 Å². The number of hydrogen-bond donors (Lipinski definition) is 1. The van der Waals surface area contributed by atoms with E-state index in [1.165, 1.54) is 29.0 Å². The van der Waals surface area contributed by atoms with Gasteiger partial charge in [0.1, 0.15) is 5.75 Å². The number of nitrogens with one attached hydrogen (secondary N) is 1. The van der Waals surface area contributed by atoms with Crippen molar-refractivity contribution in [3.63, 3.8) is 0 Å². The molecule has 4 aromatic carbocycles. The number of esters is 1. The number of aryl methyl sites for hydroxylation is 1. The van der Waals surface area contributed by atoms with Gasteiger partial charge in [0.05, 0.1) is 18.8 Å². The van der Waals surface area contributed by atoms with E-state index in [2.05, 4.69) is 79.0 Å². The highest BCUT2D eigenvalue weighted by atomic mass is 16.5. The number of methoxy groups -OCH3 is 1. The standard InChI is InChI=1S/C33H35NO3/c1-22-17-18-25(20-30(22)33(35)36-3)31-21-26(37-32-16-7-6-14-29(31)32)12-9-19-34-23(2)27-15-8-11-24-10-4-5-13-28(24)27/h4-8,10-11,13-18,20,23,26,31,34H,9,12,19,21H2,1-3H3/t23-,26+,31-/m1/s1. The van der Waals surface area contributed by atoms with Crippen LogP contribution in [0.3, 0.4) is 0 Å². The lowest BCUT2D eigenvalue weighted by atomic mass is 9.82. The molecule has 0 fully saturated rings. The van der Waals surface area contributed by atoms with Gasteiger partial charge < -0.3 is 14.8 Å². The lowest BCUT2D eigenvalue weighted by molar-refractivity contribution is 0.0599. The Kier molecular flexibility index (Phi) is 7.57. The molecule has 0 saturated carbocycles. The van der Waals surface area contributed by atoms with Crippen LogP contribution in [-0.2, 0) is 4.74 Å². The van der Waals surface area contributed by atoms with E-state index >= 15 is 0 Å². The van der Waals surface area contributed by atoms with Crippen molar-refractivity contribution in [1.82, 2.24) is 5.32 Å². The van der Waals surface area contributed by atoms with E-state index < -0.39 is 0 Å². The second-order valence-corrected chi connectivity index (χ2v) is 10.0.